The van der Waals surface area contributed by atoms with Crippen molar-refractivity contribution in [1.82, 2.24) is 95.4 Å². The SMILES string of the molecule is CC(C)C[C@@H](NC(=O)[C@@H](CC(=O)O)NC(=O)[C@@H](CCC(=O)O)NC(=O)[C@H](NC(=O)[C@@H](CC(C)C)NC(=O)[C@@H](CCC(=O)O)NC(=O)C(C)(C)NC(=O)[C@@H](Cc1c[nH]c2ccccc12)NC(=O)[C@H](NC(=O)[C@H](N)CC(=O)O)[C@@H](C)O)C(C)C)C(=O)N[C@H](CC(N)=O)C(=O)NCC(=O)NCC(=O)NCC(=O)N[C@@H](CO)C(=O)N[C@@H](Cc1ccc(Br)cc1)C(=O)N[C@@H](CCCNC(=N)N)C(N)=O. The number of aromatic nitrogens is 1. The van der Waals surface area contributed by atoms with Crippen molar-refractivity contribution in [2.45, 2.75) is 236 Å². The number of amides is 18. The van der Waals surface area contributed by atoms with Crippen LogP contribution in [0.2, 0.25) is 0 Å². The highest BCUT2D eigenvalue weighted by molar-refractivity contribution is 9.10. The first-order valence-corrected chi connectivity index (χ1v) is 43.0. The molecule has 0 radical (unpaired) electrons. The minimum absolute atomic E-state index is 0.000883. The van der Waals surface area contributed by atoms with Crippen molar-refractivity contribution in [3.05, 3.63) is 70.3 Å². The highest BCUT2D eigenvalue weighted by atomic mass is 79.9. The molecule has 0 bridgehead atoms. The Bertz CT molecular complexity index is 4720. The van der Waals surface area contributed by atoms with Gasteiger partial charge < -0.3 is 149 Å². The Morgan fingerprint density at radius 1 is 0.440 bits per heavy atom. The first-order valence-electron chi connectivity index (χ1n) is 42.3. The second kappa shape index (κ2) is 56.0. The largest absolute Gasteiger partial charge is 0.481 e. The lowest BCUT2D eigenvalue weighted by Gasteiger charge is -2.31. The molecule has 0 saturated carbocycles. The number of benzene rings is 2. The van der Waals surface area contributed by atoms with E-state index in [1.807, 2.05) is 0 Å². The summed E-state index contributed by atoms with van der Waals surface area (Å²) in [5.74, 6) is -29.0. The number of hydrogen-bond acceptors (Lipinski definition) is 26. The molecule has 0 aliphatic heterocycles. The van der Waals surface area contributed by atoms with Gasteiger partial charge in [-0.25, -0.2) is 0 Å². The average molecular weight is 1960 g/mol. The Morgan fingerprint density at radius 2 is 0.881 bits per heavy atom. The van der Waals surface area contributed by atoms with Crippen molar-refractivity contribution >= 4 is 163 Å². The van der Waals surface area contributed by atoms with Crippen LogP contribution in [0.3, 0.4) is 0 Å². The first-order chi connectivity index (χ1) is 62.6. The zero-order valence-electron chi connectivity index (χ0n) is 75.1. The molecule has 14 atom stereocenters. The number of carbonyl (C=O) groups excluding carboxylic acids is 18. The van der Waals surface area contributed by atoms with E-state index in [1.165, 1.54) is 33.9 Å². The van der Waals surface area contributed by atoms with E-state index in [-0.39, 0.29) is 51.0 Å². The Morgan fingerprint density at radius 3 is 1.39 bits per heavy atom. The van der Waals surface area contributed by atoms with E-state index in [0.29, 0.717) is 26.5 Å². The zero-order valence-corrected chi connectivity index (χ0v) is 76.7. The molecule has 0 unspecified atom stereocenters. The molecule has 18 amide bonds. The summed E-state index contributed by atoms with van der Waals surface area (Å²) in [7, 11) is 0. The number of aliphatic hydroxyl groups excluding tert-OH is 2. The van der Waals surface area contributed by atoms with Gasteiger partial charge in [-0.1, -0.05) is 87.8 Å². The number of primary amides is 2. The summed E-state index contributed by atoms with van der Waals surface area (Å²) in [6.45, 7) is 9.04. The molecule has 1 aromatic heterocycles. The van der Waals surface area contributed by atoms with Gasteiger partial charge in [0.05, 0.1) is 57.6 Å². The Hall–Kier alpha value is -14.0. The van der Waals surface area contributed by atoms with Gasteiger partial charge in [0.15, 0.2) is 5.96 Å². The van der Waals surface area contributed by atoms with Crippen molar-refractivity contribution in [3.8, 4) is 0 Å². The number of halogens is 1. The second-order valence-electron chi connectivity index (χ2n) is 33.0. The van der Waals surface area contributed by atoms with Crippen molar-refractivity contribution in [1.29, 1.82) is 5.41 Å². The van der Waals surface area contributed by atoms with Gasteiger partial charge in [-0.15, -0.1) is 0 Å². The number of nitrogens with one attached hydrogen (secondary N) is 19. The summed E-state index contributed by atoms with van der Waals surface area (Å²) in [4.78, 5) is 296. The van der Waals surface area contributed by atoms with Crippen LogP contribution in [0, 0.1) is 23.2 Å². The monoisotopic (exact) mass is 1960 g/mol. The minimum atomic E-state index is -2.17. The van der Waals surface area contributed by atoms with Crippen LogP contribution in [0.5, 0.6) is 0 Å². The molecule has 3 rings (SSSR count). The fourth-order valence-electron chi connectivity index (χ4n) is 12.8. The number of aliphatic hydroxyl groups is 2. The normalized spacial score (nSPS) is 14.3. The number of fused-ring (bicyclic) bond motifs is 1. The average Bonchev–Trinajstić information content (AvgIpc) is 1.63. The highest BCUT2D eigenvalue weighted by Gasteiger charge is 2.42. The number of carboxylic acids is 4. The summed E-state index contributed by atoms with van der Waals surface area (Å²) < 4.78 is 0.677. The molecule has 0 spiro atoms. The third kappa shape index (κ3) is 41.6. The molecule has 0 aliphatic carbocycles. The number of aliphatic carboxylic acids is 4. The van der Waals surface area contributed by atoms with Crippen LogP contribution in [0.4, 0.5) is 0 Å². The number of rotatable bonds is 60. The van der Waals surface area contributed by atoms with Gasteiger partial charge in [-0.3, -0.25) is 111 Å². The predicted molar refractivity (Wildman–Crippen MR) is 475 cm³/mol. The third-order valence-electron chi connectivity index (χ3n) is 19.8. The lowest BCUT2D eigenvalue weighted by Crippen LogP contribution is -2.64. The number of aromatic amines is 1. The fraction of sp³-hybridized carbons (Fsp3) is 0.549. The van der Waals surface area contributed by atoms with E-state index in [2.05, 4.69) is 111 Å². The van der Waals surface area contributed by atoms with E-state index in [1.54, 1.807) is 76.2 Å². The third-order valence-corrected chi connectivity index (χ3v) is 20.4. The fourth-order valence-corrected chi connectivity index (χ4v) is 13.0. The summed E-state index contributed by atoms with van der Waals surface area (Å²) in [5, 5.41) is 107. The van der Waals surface area contributed by atoms with Gasteiger partial charge >= 0.3 is 23.9 Å². The van der Waals surface area contributed by atoms with Crippen molar-refractivity contribution in [2.75, 3.05) is 32.8 Å². The summed E-state index contributed by atoms with van der Waals surface area (Å²) in [5.41, 5.74) is 21.4. The Kier molecular flexibility index (Phi) is 47.7. The first kappa shape index (κ1) is 114. The van der Waals surface area contributed by atoms with Crippen LogP contribution < -0.4 is 113 Å². The van der Waals surface area contributed by atoms with Crippen LogP contribution >= 0.6 is 15.9 Å². The maximum atomic E-state index is 14.5. The number of nitrogens with two attached hydrogens (primary N) is 4. The van der Waals surface area contributed by atoms with Crippen LogP contribution in [0.25, 0.3) is 10.9 Å². The van der Waals surface area contributed by atoms with E-state index in [9.17, 15) is 136 Å². The number of carboxylic acid groups (broad SMARTS) is 4. The van der Waals surface area contributed by atoms with Crippen molar-refractivity contribution in [2.24, 2.45) is 40.7 Å². The molecular weight excluding hydrogens is 1830 g/mol. The van der Waals surface area contributed by atoms with Crippen LogP contribution in [0.1, 0.15) is 144 Å². The predicted octanol–water partition coefficient (Wildman–Crippen LogP) is -8.47. The maximum absolute atomic E-state index is 14.5. The number of hydrogen-bond donors (Lipinski definition) is 29. The number of para-hydroxylation sites is 1. The second-order valence-corrected chi connectivity index (χ2v) is 34.0. The minimum Gasteiger partial charge on any atom is -0.481 e. The molecule has 0 saturated heterocycles. The number of carbonyl (C=O) groups is 22. The quantitative estimate of drug-likeness (QED) is 0.0142. The van der Waals surface area contributed by atoms with Crippen LogP contribution in [0.15, 0.2) is 59.2 Å². The summed E-state index contributed by atoms with van der Waals surface area (Å²) >= 11 is 3.30. The molecule has 2 aromatic carbocycles. The smallest absolute Gasteiger partial charge is 0.305 e. The Labute approximate surface area is 776 Å². The molecular formula is C82H122BrN23O28. The van der Waals surface area contributed by atoms with Gasteiger partial charge in [0.25, 0.3) is 0 Å². The molecule has 33 N–H and O–H groups in total. The lowest BCUT2D eigenvalue weighted by atomic mass is 9.98. The molecule has 52 heteroatoms. The molecule has 1 heterocycles. The van der Waals surface area contributed by atoms with E-state index in [4.69, 9.17) is 28.3 Å². The summed E-state index contributed by atoms with van der Waals surface area (Å²) in [6, 6.07) is -9.18. The molecule has 3 aromatic rings. The standard InChI is InChI=1S/C82H122BrN23O28/c1-37(2)25-50(72(126)100-54(30-57(85)109)69(123)93-34-59(111)91-33-58(110)92-35-60(112)94-56(36-107)76(130)99-52(27-41-16-18-43(83)19-17-41)73(127)95-47(67(86)121)15-12-24-89-81(87)88)98-74(128)55(31-64(119)120)101-70(124)48(20-22-61(113)114)96-78(132)65(39(5)6)104-75(129)51(26-38(3)4)97-71(125)49(21-23-62(115)116)103-80(134)82(8,9)106-77(131)53(28-42-32-90-46-14-11-10-13-44(42)46)102-79(133)66(40(7)108)105-68(122)45(84)29-63(117)118/h10-11,13-14,16-19,32,37-40,45,47-56,65-66,90,107-108H,12,15,20-31,33-36,84H2,1-9H3,(H2,85,109)(H2,86,121)(H,91,111)(H,92,110)(H,93,123)(H,94,112)(H,95,127)(H,96,132)(H,97,125)(H,98,128)(H,99,130)(H,100,126)(H,101,124)(H,102,133)(H,103,134)(H,104,129)(H,105,122)(H,106,131)(H,113,114)(H,115,116)(H,117,118)(H,119,120)(H4,87,88,89)/t40-,45-,47+,48-,49-,50-,51-,52+,53-,54-,55-,56+,65-,66-/m1/s1. The van der Waals surface area contributed by atoms with Gasteiger partial charge in [0.2, 0.25) is 106 Å². The van der Waals surface area contributed by atoms with Gasteiger partial charge in [-0.05, 0) is 106 Å². The number of guanidine groups is 1. The van der Waals surface area contributed by atoms with E-state index < -0.39 is 309 Å². The van der Waals surface area contributed by atoms with Crippen LogP contribution in [-0.2, 0) is 118 Å². The Balaban J connectivity index is 1.78. The van der Waals surface area contributed by atoms with E-state index in [0.717, 1.165) is 6.92 Å². The zero-order chi connectivity index (χ0) is 101. The van der Waals surface area contributed by atoms with Crippen molar-refractivity contribution < 1.29 is 136 Å². The highest BCUT2D eigenvalue weighted by Crippen LogP contribution is 2.22. The van der Waals surface area contributed by atoms with Gasteiger partial charge in [0.1, 0.15) is 78.0 Å². The summed E-state index contributed by atoms with van der Waals surface area (Å²) in [6.07, 6.45) is -7.13. The topological polar surface area (TPSA) is 845 Å². The number of H-pyrrole nitrogens is 1. The molecule has 0 aliphatic rings. The molecule has 51 nitrogen and oxygen atoms in total. The van der Waals surface area contributed by atoms with Crippen LogP contribution in [-0.4, -0.2) is 295 Å². The van der Waals surface area contributed by atoms with E-state index >= 15 is 0 Å². The lowest BCUT2D eigenvalue weighted by molar-refractivity contribution is -0.142. The molecule has 134 heavy (non-hydrogen) atoms. The van der Waals surface area contributed by atoms with Gasteiger partial charge in [0, 0.05) is 53.8 Å². The van der Waals surface area contributed by atoms with Crippen molar-refractivity contribution in [3.63, 3.8) is 0 Å². The molecule has 740 valence electrons. The van der Waals surface area contributed by atoms with Gasteiger partial charge in [-0.2, -0.15) is 0 Å². The molecule has 0 fully saturated rings. The maximum Gasteiger partial charge on any atom is 0.305 e.